The summed E-state index contributed by atoms with van der Waals surface area (Å²) in [6.07, 6.45) is 0. The van der Waals surface area contributed by atoms with Gasteiger partial charge in [-0.25, -0.2) is 13.4 Å². The van der Waals surface area contributed by atoms with Crippen LogP contribution in [0.5, 0.6) is 0 Å². The number of sulfone groups is 1. The molecule has 0 bridgehead atoms. The lowest BCUT2D eigenvalue weighted by Gasteiger charge is -2.05. The Labute approximate surface area is 120 Å². The summed E-state index contributed by atoms with van der Waals surface area (Å²) in [5, 5.41) is 3.05. The number of benzene rings is 1. The second-order valence-corrected chi connectivity index (χ2v) is 7.76. The van der Waals surface area contributed by atoms with Crippen LogP contribution in [0.15, 0.2) is 18.2 Å². The van der Waals surface area contributed by atoms with E-state index >= 15 is 0 Å². The number of amides is 1. The highest BCUT2D eigenvalue weighted by atomic mass is 32.2. The van der Waals surface area contributed by atoms with Crippen LogP contribution in [0.3, 0.4) is 0 Å². The Kier molecular flexibility index (Phi) is 4.24. The van der Waals surface area contributed by atoms with Gasteiger partial charge in [0.1, 0.15) is 0 Å². The predicted octanol–water partition coefficient (Wildman–Crippen LogP) is 1.04. The molecule has 0 saturated heterocycles. The Morgan fingerprint density at radius 1 is 1.45 bits per heavy atom. The molecule has 0 aliphatic rings. The maximum absolute atomic E-state index is 11.9. The number of carbonyl (C=O) groups excluding carboxylic acids is 1. The standard InChI is InChI=1S/C12H15N3O3S2/c1-2-20(17,18)6-5-14-11(16)8-3-4-9-10(7-8)19-12(13)15-9/h3-4,7H,2,5-6H2,1H3,(H2,13,15)(H,14,16). The molecule has 6 nitrogen and oxygen atoms in total. The Balaban J connectivity index is 2.04. The minimum atomic E-state index is -3.07. The van der Waals surface area contributed by atoms with E-state index in [9.17, 15) is 13.2 Å². The molecular formula is C12H15N3O3S2. The minimum Gasteiger partial charge on any atom is -0.375 e. The van der Waals surface area contributed by atoms with E-state index in [1.54, 1.807) is 25.1 Å². The van der Waals surface area contributed by atoms with Gasteiger partial charge in [0, 0.05) is 17.9 Å². The second kappa shape index (κ2) is 5.76. The smallest absolute Gasteiger partial charge is 0.251 e. The fourth-order valence-corrected chi connectivity index (χ4v) is 3.13. The van der Waals surface area contributed by atoms with Crippen molar-refractivity contribution >= 4 is 42.4 Å². The molecule has 0 unspecified atom stereocenters. The molecule has 3 N–H and O–H groups in total. The number of hydrogen-bond donors (Lipinski definition) is 2. The zero-order chi connectivity index (χ0) is 14.8. The van der Waals surface area contributed by atoms with Gasteiger partial charge in [-0.15, -0.1) is 0 Å². The molecule has 1 aromatic carbocycles. The molecule has 20 heavy (non-hydrogen) atoms. The Bertz CT molecular complexity index is 737. The Morgan fingerprint density at radius 2 is 2.20 bits per heavy atom. The van der Waals surface area contributed by atoms with Crippen LogP contribution < -0.4 is 11.1 Å². The van der Waals surface area contributed by atoms with Crippen molar-refractivity contribution in [2.24, 2.45) is 0 Å². The van der Waals surface area contributed by atoms with Crippen LogP contribution in [0.2, 0.25) is 0 Å². The van der Waals surface area contributed by atoms with Crippen LogP contribution >= 0.6 is 11.3 Å². The lowest BCUT2D eigenvalue weighted by atomic mass is 10.2. The van der Waals surface area contributed by atoms with Crippen LogP contribution in [0, 0.1) is 0 Å². The van der Waals surface area contributed by atoms with E-state index in [1.165, 1.54) is 11.3 Å². The molecule has 0 atom stereocenters. The normalized spacial score (nSPS) is 11.7. The number of nitrogens with one attached hydrogen (secondary N) is 1. The van der Waals surface area contributed by atoms with Crippen molar-refractivity contribution in [3.05, 3.63) is 23.8 Å². The number of fused-ring (bicyclic) bond motifs is 1. The van der Waals surface area contributed by atoms with E-state index in [2.05, 4.69) is 10.3 Å². The van der Waals surface area contributed by atoms with Gasteiger partial charge in [0.15, 0.2) is 15.0 Å². The summed E-state index contributed by atoms with van der Waals surface area (Å²) in [7, 11) is -3.07. The van der Waals surface area contributed by atoms with Crippen molar-refractivity contribution in [2.75, 3.05) is 23.8 Å². The molecule has 1 heterocycles. The quantitative estimate of drug-likeness (QED) is 0.858. The van der Waals surface area contributed by atoms with Crippen LogP contribution in [-0.2, 0) is 9.84 Å². The Hall–Kier alpha value is -1.67. The number of anilines is 1. The molecule has 0 aliphatic carbocycles. The predicted molar refractivity (Wildman–Crippen MR) is 80.7 cm³/mol. The van der Waals surface area contributed by atoms with Crippen LogP contribution in [-0.4, -0.2) is 37.4 Å². The van der Waals surface area contributed by atoms with Gasteiger partial charge in [0.25, 0.3) is 5.91 Å². The lowest BCUT2D eigenvalue weighted by molar-refractivity contribution is 0.0956. The number of nitrogen functional groups attached to an aromatic ring is 1. The SMILES string of the molecule is CCS(=O)(=O)CCNC(=O)c1ccc2nc(N)sc2c1. The highest BCUT2D eigenvalue weighted by Crippen LogP contribution is 2.24. The average Bonchev–Trinajstić information content (AvgIpc) is 2.77. The number of hydrogen-bond acceptors (Lipinski definition) is 6. The number of aromatic nitrogens is 1. The van der Waals surface area contributed by atoms with Gasteiger partial charge >= 0.3 is 0 Å². The van der Waals surface area contributed by atoms with E-state index < -0.39 is 9.84 Å². The first-order chi connectivity index (χ1) is 9.41. The first kappa shape index (κ1) is 14.7. The highest BCUT2D eigenvalue weighted by molar-refractivity contribution is 7.91. The van der Waals surface area contributed by atoms with Crippen molar-refractivity contribution in [3.8, 4) is 0 Å². The van der Waals surface area contributed by atoms with Gasteiger partial charge in [-0.3, -0.25) is 4.79 Å². The maximum Gasteiger partial charge on any atom is 0.251 e. The summed E-state index contributed by atoms with van der Waals surface area (Å²) in [5.41, 5.74) is 6.82. The van der Waals surface area contributed by atoms with Gasteiger partial charge in [0.2, 0.25) is 0 Å². The van der Waals surface area contributed by atoms with Gasteiger partial charge in [-0.2, -0.15) is 0 Å². The Morgan fingerprint density at radius 3 is 2.90 bits per heavy atom. The zero-order valence-electron chi connectivity index (χ0n) is 10.9. The zero-order valence-corrected chi connectivity index (χ0v) is 12.6. The van der Waals surface area contributed by atoms with Crippen molar-refractivity contribution in [3.63, 3.8) is 0 Å². The van der Waals surface area contributed by atoms with E-state index in [0.29, 0.717) is 10.7 Å². The summed E-state index contributed by atoms with van der Waals surface area (Å²) in [4.78, 5) is 16.0. The number of rotatable bonds is 5. The molecule has 108 valence electrons. The first-order valence-electron chi connectivity index (χ1n) is 6.06. The summed E-state index contributed by atoms with van der Waals surface area (Å²) in [6.45, 7) is 1.69. The number of nitrogens with two attached hydrogens (primary N) is 1. The number of nitrogens with zero attached hydrogens (tertiary/aromatic N) is 1. The fourth-order valence-electron chi connectivity index (χ4n) is 1.65. The molecule has 1 aromatic heterocycles. The number of carbonyl (C=O) groups is 1. The van der Waals surface area contributed by atoms with Crippen molar-refractivity contribution in [1.29, 1.82) is 0 Å². The van der Waals surface area contributed by atoms with E-state index in [4.69, 9.17) is 5.73 Å². The highest BCUT2D eigenvalue weighted by Gasteiger charge is 2.11. The molecule has 0 fully saturated rings. The van der Waals surface area contributed by atoms with Gasteiger partial charge in [0.05, 0.1) is 16.0 Å². The van der Waals surface area contributed by atoms with Crippen molar-refractivity contribution in [1.82, 2.24) is 10.3 Å². The summed E-state index contributed by atoms with van der Waals surface area (Å²) in [6, 6.07) is 5.07. The van der Waals surface area contributed by atoms with Crippen molar-refractivity contribution < 1.29 is 13.2 Å². The molecule has 8 heteroatoms. The van der Waals surface area contributed by atoms with Gasteiger partial charge < -0.3 is 11.1 Å². The van der Waals surface area contributed by atoms with Gasteiger partial charge in [-0.05, 0) is 18.2 Å². The average molecular weight is 313 g/mol. The molecule has 2 rings (SSSR count). The molecule has 0 spiro atoms. The molecule has 0 aliphatic heterocycles. The van der Waals surface area contributed by atoms with Crippen molar-refractivity contribution in [2.45, 2.75) is 6.92 Å². The largest absolute Gasteiger partial charge is 0.375 e. The van der Waals surface area contributed by atoms with E-state index in [-0.39, 0.29) is 24.0 Å². The van der Waals surface area contributed by atoms with Crippen LogP contribution in [0.4, 0.5) is 5.13 Å². The minimum absolute atomic E-state index is 0.0506. The third-order valence-corrected chi connectivity index (χ3v) is 5.36. The van der Waals surface area contributed by atoms with E-state index in [0.717, 1.165) is 10.2 Å². The monoisotopic (exact) mass is 313 g/mol. The molecule has 0 saturated carbocycles. The molecule has 0 radical (unpaired) electrons. The maximum atomic E-state index is 11.9. The molecule has 1 amide bonds. The van der Waals surface area contributed by atoms with Gasteiger partial charge in [-0.1, -0.05) is 18.3 Å². The second-order valence-electron chi connectivity index (χ2n) is 4.23. The summed E-state index contributed by atoms with van der Waals surface area (Å²) in [5.74, 6) is -0.273. The summed E-state index contributed by atoms with van der Waals surface area (Å²) >= 11 is 1.31. The summed E-state index contributed by atoms with van der Waals surface area (Å²) < 4.78 is 23.5. The number of thiazole rings is 1. The third-order valence-electron chi connectivity index (χ3n) is 2.81. The first-order valence-corrected chi connectivity index (χ1v) is 8.70. The van der Waals surface area contributed by atoms with E-state index in [1.807, 2.05) is 0 Å². The third kappa shape index (κ3) is 3.45. The molecular weight excluding hydrogens is 298 g/mol. The van der Waals surface area contributed by atoms with Crippen LogP contribution in [0.25, 0.3) is 10.2 Å². The molecule has 2 aromatic rings. The lowest BCUT2D eigenvalue weighted by Crippen LogP contribution is -2.29. The topological polar surface area (TPSA) is 102 Å². The fraction of sp³-hybridized carbons (Fsp3) is 0.333. The van der Waals surface area contributed by atoms with Crippen LogP contribution in [0.1, 0.15) is 17.3 Å².